The van der Waals surface area contributed by atoms with Crippen molar-refractivity contribution in [3.05, 3.63) is 65.5 Å². The number of hydrogen-bond donors (Lipinski definition) is 1. The minimum absolute atomic E-state index is 0.00446. The van der Waals surface area contributed by atoms with Crippen LogP contribution in [0.3, 0.4) is 0 Å². The first-order valence-electron chi connectivity index (χ1n) is 10.1. The number of nitrogens with one attached hydrogen (secondary N) is 1. The highest BCUT2D eigenvalue weighted by Gasteiger charge is 2.25. The Hall–Kier alpha value is -2.89. The molecule has 0 radical (unpaired) electrons. The van der Waals surface area contributed by atoms with Crippen molar-refractivity contribution in [2.24, 2.45) is 0 Å². The van der Waals surface area contributed by atoms with E-state index in [2.05, 4.69) is 5.32 Å². The van der Waals surface area contributed by atoms with Crippen LogP contribution in [0.4, 0.5) is 4.39 Å². The fourth-order valence-electron chi connectivity index (χ4n) is 3.59. The maximum Gasteiger partial charge on any atom is 0.256 e. The summed E-state index contributed by atoms with van der Waals surface area (Å²) in [6.07, 6.45) is 2.34. The third kappa shape index (κ3) is 5.56. The number of carbonyl (C=O) groups excluding carboxylic acids is 2. The molecule has 5 nitrogen and oxygen atoms in total. The van der Waals surface area contributed by atoms with Gasteiger partial charge in [-0.15, -0.1) is 0 Å². The van der Waals surface area contributed by atoms with E-state index in [-0.39, 0.29) is 23.4 Å². The lowest BCUT2D eigenvalue weighted by Gasteiger charge is -2.32. The molecule has 2 amide bonds. The molecule has 0 saturated carbocycles. The SMILES string of the molecule is CCOc1ccccc1CCC(=O)NC1CCN(C(=O)c2ccccc2F)CC1. The maximum atomic E-state index is 13.8. The third-order valence-electron chi connectivity index (χ3n) is 5.15. The van der Waals surface area contributed by atoms with Crippen molar-refractivity contribution in [2.75, 3.05) is 19.7 Å². The van der Waals surface area contributed by atoms with Gasteiger partial charge in [0.15, 0.2) is 0 Å². The standard InChI is InChI=1S/C23H27FN2O3/c1-2-29-21-10-6-3-7-17(21)11-12-22(27)25-18-13-15-26(16-14-18)23(28)19-8-4-5-9-20(19)24/h3-10,18H,2,11-16H2,1H3,(H,25,27). The fourth-order valence-corrected chi connectivity index (χ4v) is 3.59. The Balaban J connectivity index is 1.45. The molecule has 0 aliphatic carbocycles. The number of para-hydroxylation sites is 1. The number of hydrogen-bond acceptors (Lipinski definition) is 3. The third-order valence-corrected chi connectivity index (χ3v) is 5.15. The van der Waals surface area contributed by atoms with Crippen molar-refractivity contribution in [3.8, 4) is 5.75 Å². The molecular formula is C23H27FN2O3. The molecule has 1 fully saturated rings. The van der Waals surface area contributed by atoms with Crippen LogP contribution in [0.1, 0.15) is 42.1 Å². The van der Waals surface area contributed by atoms with E-state index >= 15 is 0 Å². The Morgan fingerprint density at radius 3 is 2.52 bits per heavy atom. The first kappa shape index (κ1) is 20.8. The van der Waals surface area contributed by atoms with Crippen LogP contribution in [-0.4, -0.2) is 42.5 Å². The number of piperidine rings is 1. The quantitative estimate of drug-likeness (QED) is 0.776. The molecule has 1 heterocycles. The van der Waals surface area contributed by atoms with Gasteiger partial charge >= 0.3 is 0 Å². The first-order chi connectivity index (χ1) is 14.1. The minimum atomic E-state index is -0.500. The van der Waals surface area contributed by atoms with Crippen LogP contribution in [0.2, 0.25) is 0 Å². The Bertz CT molecular complexity index is 848. The largest absolute Gasteiger partial charge is 0.494 e. The zero-order chi connectivity index (χ0) is 20.6. The van der Waals surface area contributed by atoms with Crippen LogP contribution in [0, 0.1) is 5.82 Å². The summed E-state index contributed by atoms with van der Waals surface area (Å²) in [4.78, 5) is 26.5. The van der Waals surface area contributed by atoms with Gasteiger partial charge in [-0.05, 0) is 49.9 Å². The van der Waals surface area contributed by atoms with Crippen LogP contribution in [0.25, 0.3) is 0 Å². The van der Waals surface area contributed by atoms with Crippen molar-refractivity contribution in [2.45, 2.75) is 38.6 Å². The Morgan fingerprint density at radius 1 is 1.10 bits per heavy atom. The number of halogens is 1. The summed E-state index contributed by atoms with van der Waals surface area (Å²) >= 11 is 0. The maximum absolute atomic E-state index is 13.8. The number of amides is 2. The molecule has 2 aromatic carbocycles. The van der Waals surface area contributed by atoms with Crippen molar-refractivity contribution in [1.29, 1.82) is 0 Å². The fraction of sp³-hybridized carbons (Fsp3) is 0.391. The minimum Gasteiger partial charge on any atom is -0.494 e. The van der Waals surface area contributed by atoms with Crippen LogP contribution >= 0.6 is 0 Å². The summed E-state index contributed by atoms with van der Waals surface area (Å²) in [6.45, 7) is 3.54. The summed E-state index contributed by atoms with van der Waals surface area (Å²) in [5.41, 5.74) is 1.12. The molecule has 2 aromatic rings. The van der Waals surface area contributed by atoms with Gasteiger partial charge in [-0.25, -0.2) is 4.39 Å². The molecule has 0 aromatic heterocycles. The molecule has 1 N–H and O–H groups in total. The average molecular weight is 398 g/mol. The Morgan fingerprint density at radius 2 is 1.79 bits per heavy atom. The lowest BCUT2D eigenvalue weighted by Crippen LogP contribution is -2.46. The second-order valence-electron chi connectivity index (χ2n) is 7.15. The Kier molecular flexibility index (Phi) is 7.22. The normalized spacial score (nSPS) is 14.5. The predicted octanol–water partition coefficient (Wildman–Crippen LogP) is 3.58. The molecule has 1 aliphatic rings. The molecule has 1 saturated heterocycles. The number of carbonyl (C=O) groups is 2. The highest BCUT2D eigenvalue weighted by Crippen LogP contribution is 2.20. The van der Waals surface area contributed by atoms with Crippen LogP contribution in [0.5, 0.6) is 5.75 Å². The van der Waals surface area contributed by atoms with Gasteiger partial charge in [0.1, 0.15) is 11.6 Å². The molecule has 0 bridgehead atoms. The van der Waals surface area contributed by atoms with Gasteiger partial charge in [-0.3, -0.25) is 9.59 Å². The highest BCUT2D eigenvalue weighted by molar-refractivity contribution is 5.94. The van der Waals surface area contributed by atoms with Gasteiger partial charge in [-0.1, -0.05) is 30.3 Å². The number of ether oxygens (including phenoxy) is 1. The monoisotopic (exact) mass is 398 g/mol. The number of nitrogens with zero attached hydrogens (tertiary/aromatic N) is 1. The van der Waals surface area contributed by atoms with Crippen molar-refractivity contribution < 1.29 is 18.7 Å². The average Bonchev–Trinajstić information content (AvgIpc) is 2.74. The van der Waals surface area contributed by atoms with Crippen molar-refractivity contribution in [3.63, 3.8) is 0 Å². The predicted molar refractivity (Wildman–Crippen MR) is 109 cm³/mol. The molecule has 6 heteroatoms. The van der Waals surface area contributed by atoms with E-state index in [9.17, 15) is 14.0 Å². The topological polar surface area (TPSA) is 58.6 Å². The number of likely N-dealkylation sites (tertiary alicyclic amines) is 1. The number of aryl methyl sites for hydroxylation is 1. The van der Waals surface area contributed by atoms with E-state index in [0.717, 1.165) is 11.3 Å². The van der Waals surface area contributed by atoms with Crippen LogP contribution in [-0.2, 0) is 11.2 Å². The highest BCUT2D eigenvalue weighted by atomic mass is 19.1. The zero-order valence-electron chi connectivity index (χ0n) is 16.7. The summed E-state index contributed by atoms with van der Waals surface area (Å²) < 4.78 is 19.4. The Labute approximate surface area is 170 Å². The smallest absolute Gasteiger partial charge is 0.256 e. The van der Waals surface area contributed by atoms with Gasteiger partial charge < -0.3 is 15.0 Å². The molecular weight excluding hydrogens is 371 g/mol. The van der Waals surface area contributed by atoms with E-state index in [1.807, 2.05) is 31.2 Å². The van der Waals surface area contributed by atoms with Crippen molar-refractivity contribution >= 4 is 11.8 Å². The molecule has 29 heavy (non-hydrogen) atoms. The van der Waals surface area contributed by atoms with Gasteiger partial charge in [0, 0.05) is 25.6 Å². The lowest BCUT2D eigenvalue weighted by molar-refractivity contribution is -0.122. The van der Waals surface area contributed by atoms with Gasteiger partial charge in [0.25, 0.3) is 5.91 Å². The van der Waals surface area contributed by atoms with Crippen molar-refractivity contribution in [1.82, 2.24) is 10.2 Å². The zero-order valence-corrected chi connectivity index (χ0v) is 16.7. The van der Waals surface area contributed by atoms with Crippen LogP contribution < -0.4 is 10.1 Å². The molecule has 0 spiro atoms. The second-order valence-corrected chi connectivity index (χ2v) is 7.15. The second kappa shape index (κ2) is 10.0. The van der Waals surface area contributed by atoms with Gasteiger partial charge in [0.05, 0.1) is 12.2 Å². The molecule has 0 unspecified atom stereocenters. The molecule has 0 atom stereocenters. The van der Waals surface area contributed by atoms with Gasteiger partial charge in [-0.2, -0.15) is 0 Å². The van der Waals surface area contributed by atoms with E-state index in [1.165, 1.54) is 12.1 Å². The molecule has 3 rings (SSSR count). The first-order valence-corrected chi connectivity index (χ1v) is 10.1. The van der Waals surface area contributed by atoms with E-state index < -0.39 is 5.82 Å². The van der Waals surface area contributed by atoms with E-state index in [4.69, 9.17) is 4.74 Å². The van der Waals surface area contributed by atoms with Crippen LogP contribution in [0.15, 0.2) is 48.5 Å². The number of rotatable bonds is 7. The van der Waals surface area contributed by atoms with Gasteiger partial charge in [0.2, 0.25) is 5.91 Å². The molecule has 1 aliphatic heterocycles. The summed E-state index contributed by atoms with van der Waals surface area (Å²) in [5.74, 6) is 0.0265. The summed E-state index contributed by atoms with van der Waals surface area (Å²) in [7, 11) is 0. The summed E-state index contributed by atoms with van der Waals surface area (Å²) in [6, 6.07) is 13.8. The number of benzene rings is 2. The summed E-state index contributed by atoms with van der Waals surface area (Å²) in [5, 5.41) is 3.06. The molecule has 154 valence electrons. The van der Waals surface area contributed by atoms with E-state index in [1.54, 1.807) is 17.0 Å². The van der Waals surface area contributed by atoms with E-state index in [0.29, 0.717) is 45.4 Å². The lowest BCUT2D eigenvalue weighted by atomic mass is 10.0.